The van der Waals surface area contributed by atoms with Crippen molar-refractivity contribution >= 4 is 33.3 Å². The van der Waals surface area contributed by atoms with E-state index in [9.17, 15) is 18.0 Å². The first kappa shape index (κ1) is 23.0. The van der Waals surface area contributed by atoms with E-state index in [0.29, 0.717) is 23.5 Å². The van der Waals surface area contributed by atoms with Crippen LogP contribution in [0, 0.1) is 5.92 Å². The maximum Gasteiger partial charge on any atom is 0.312 e. The van der Waals surface area contributed by atoms with Crippen LogP contribution in [0.25, 0.3) is 0 Å². The molecule has 2 atom stereocenters. The molecule has 5 N–H and O–H groups in total. The van der Waals surface area contributed by atoms with Crippen LogP contribution in [0.2, 0.25) is 0 Å². The van der Waals surface area contributed by atoms with Crippen molar-refractivity contribution in [1.82, 2.24) is 5.32 Å². The molecule has 30 heavy (non-hydrogen) atoms. The highest BCUT2D eigenvalue weighted by molar-refractivity contribution is 7.92. The summed E-state index contributed by atoms with van der Waals surface area (Å²) >= 11 is 0. The third-order valence-electron chi connectivity index (χ3n) is 4.57. The molecule has 0 radical (unpaired) electrons. The van der Waals surface area contributed by atoms with Gasteiger partial charge in [0.15, 0.2) is 0 Å². The molecule has 0 aliphatic rings. The fourth-order valence-corrected chi connectivity index (χ4v) is 3.72. The quantitative estimate of drug-likeness (QED) is 0.480. The van der Waals surface area contributed by atoms with Crippen LogP contribution in [-0.4, -0.2) is 33.5 Å². The molecule has 2 aromatic carbocycles. The number of carbonyl (C=O) groups is 2. The second-order valence-corrected chi connectivity index (χ2v) is 8.40. The first-order valence-corrected chi connectivity index (χ1v) is 10.8. The van der Waals surface area contributed by atoms with E-state index >= 15 is 0 Å². The Morgan fingerprint density at radius 2 is 1.60 bits per heavy atom. The predicted octanol–water partition coefficient (Wildman–Crippen LogP) is 2.52. The number of benzene rings is 2. The lowest BCUT2D eigenvalue weighted by atomic mass is 9.98. The van der Waals surface area contributed by atoms with E-state index in [-0.39, 0.29) is 10.8 Å². The molecule has 0 saturated heterocycles. The summed E-state index contributed by atoms with van der Waals surface area (Å²) in [7, 11) is -2.28. The van der Waals surface area contributed by atoms with E-state index in [2.05, 4.69) is 15.4 Å². The fourth-order valence-electron chi connectivity index (χ4n) is 2.67. The summed E-state index contributed by atoms with van der Waals surface area (Å²) < 4.78 is 32.6. The summed E-state index contributed by atoms with van der Waals surface area (Å²) in [6.45, 7) is 3.71. The molecule has 0 bridgehead atoms. The van der Waals surface area contributed by atoms with Gasteiger partial charge in [-0.1, -0.05) is 20.3 Å². The van der Waals surface area contributed by atoms with Crippen molar-refractivity contribution in [2.24, 2.45) is 11.7 Å². The SMILES string of the molecule is CC[C@@H](C)[C@H](NC(N)=O)C(=O)Nc1ccc(S(=O)(=O)Nc2ccc(OC)cc2)cc1. The van der Waals surface area contributed by atoms with Crippen molar-refractivity contribution < 1.29 is 22.7 Å². The highest BCUT2D eigenvalue weighted by Gasteiger charge is 2.25. The smallest absolute Gasteiger partial charge is 0.312 e. The minimum absolute atomic E-state index is 0.0325. The van der Waals surface area contributed by atoms with E-state index in [0.717, 1.165) is 0 Å². The van der Waals surface area contributed by atoms with Crippen LogP contribution >= 0.6 is 0 Å². The first-order valence-electron chi connectivity index (χ1n) is 9.30. The Morgan fingerprint density at radius 3 is 2.10 bits per heavy atom. The van der Waals surface area contributed by atoms with Crippen molar-refractivity contribution in [3.63, 3.8) is 0 Å². The molecule has 2 rings (SSSR count). The molecule has 0 saturated carbocycles. The molecule has 0 spiro atoms. The summed E-state index contributed by atoms with van der Waals surface area (Å²) in [6, 6.07) is 10.6. The molecule has 0 fully saturated rings. The molecule has 0 heterocycles. The van der Waals surface area contributed by atoms with Gasteiger partial charge in [0, 0.05) is 11.4 Å². The van der Waals surface area contributed by atoms with Gasteiger partial charge in [-0.25, -0.2) is 13.2 Å². The number of urea groups is 1. The average molecular weight is 435 g/mol. The minimum atomic E-state index is -3.80. The van der Waals surface area contributed by atoms with Gasteiger partial charge < -0.3 is 21.1 Å². The Bertz CT molecular complexity index is 975. The standard InChI is InChI=1S/C20H26N4O5S/c1-4-13(2)18(23-20(21)26)19(25)22-14-7-11-17(12-8-14)30(27,28)24-15-5-9-16(29-3)10-6-15/h5-13,18,24H,4H2,1-3H3,(H,22,25)(H3,21,23,26)/t13-,18+/m1/s1. The van der Waals surface area contributed by atoms with Crippen LogP contribution in [-0.2, 0) is 14.8 Å². The Kier molecular flexibility index (Phi) is 7.65. The number of amides is 3. The van der Waals surface area contributed by atoms with Crippen molar-refractivity contribution in [3.05, 3.63) is 48.5 Å². The summed E-state index contributed by atoms with van der Waals surface area (Å²) in [5, 5.41) is 5.10. The number of methoxy groups -OCH3 is 1. The number of primary amides is 1. The number of nitrogens with two attached hydrogens (primary N) is 1. The van der Waals surface area contributed by atoms with Gasteiger partial charge >= 0.3 is 6.03 Å². The van der Waals surface area contributed by atoms with Gasteiger partial charge in [-0.3, -0.25) is 9.52 Å². The number of ether oxygens (including phenoxy) is 1. The van der Waals surface area contributed by atoms with Gasteiger partial charge in [-0.2, -0.15) is 0 Å². The molecule has 9 nitrogen and oxygen atoms in total. The minimum Gasteiger partial charge on any atom is -0.497 e. The molecular formula is C20H26N4O5S. The van der Waals surface area contributed by atoms with Crippen LogP contribution in [0.15, 0.2) is 53.4 Å². The van der Waals surface area contributed by atoms with Gasteiger partial charge in [0.2, 0.25) is 5.91 Å². The molecule has 2 aromatic rings. The summed E-state index contributed by atoms with van der Waals surface area (Å²) in [5.74, 6) is 0.0422. The van der Waals surface area contributed by atoms with Gasteiger partial charge in [-0.05, 0) is 54.4 Å². The van der Waals surface area contributed by atoms with E-state index < -0.39 is 28.0 Å². The Balaban J connectivity index is 2.10. The van der Waals surface area contributed by atoms with E-state index in [1.54, 1.807) is 24.3 Å². The van der Waals surface area contributed by atoms with E-state index in [4.69, 9.17) is 10.5 Å². The normalized spacial score (nSPS) is 13.0. The van der Waals surface area contributed by atoms with E-state index in [1.165, 1.54) is 31.4 Å². The second-order valence-electron chi connectivity index (χ2n) is 6.72. The molecule has 0 aliphatic carbocycles. The van der Waals surface area contributed by atoms with Gasteiger partial charge in [0.25, 0.3) is 10.0 Å². The zero-order chi connectivity index (χ0) is 22.3. The Hall–Kier alpha value is -3.27. The predicted molar refractivity (Wildman–Crippen MR) is 115 cm³/mol. The van der Waals surface area contributed by atoms with Crippen LogP contribution < -0.4 is 25.8 Å². The average Bonchev–Trinajstić information content (AvgIpc) is 2.72. The van der Waals surface area contributed by atoms with Gasteiger partial charge in [-0.15, -0.1) is 0 Å². The monoisotopic (exact) mass is 434 g/mol. The lowest BCUT2D eigenvalue weighted by Gasteiger charge is -2.22. The van der Waals surface area contributed by atoms with Crippen LogP contribution in [0.1, 0.15) is 20.3 Å². The maximum absolute atomic E-state index is 12.6. The third kappa shape index (κ3) is 6.11. The number of nitrogens with one attached hydrogen (secondary N) is 3. The summed E-state index contributed by atoms with van der Waals surface area (Å²) in [6.07, 6.45) is 0.659. The number of rotatable bonds is 9. The summed E-state index contributed by atoms with van der Waals surface area (Å²) in [4.78, 5) is 23.7. The molecule has 0 aromatic heterocycles. The molecule has 10 heteroatoms. The maximum atomic E-state index is 12.6. The van der Waals surface area contributed by atoms with Crippen LogP contribution in [0.3, 0.4) is 0 Å². The molecule has 3 amide bonds. The van der Waals surface area contributed by atoms with Gasteiger partial charge in [0.1, 0.15) is 11.8 Å². The number of anilines is 2. The highest BCUT2D eigenvalue weighted by Crippen LogP contribution is 2.21. The second kappa shape index (κ2) is 9.97. The lowest BCUT2D eigenvalue weighted by Crippen LogP contribution is -2.49. The zero-order valence-corrected chi connectivity index (χ0v) is 17.8. The molecule has 0 aliphatic heterocycles. The largest absolute Gasteiger partial charge is 0.497 e. The number of carbonyl (C=O) groups excluding carboxylic acids is 2. The number of hydrogen-bond donors (Lipinski definition) is 4. The lowest BCUT2D eigenvalue weighted by molar-refractivity contribution is -0.119. The third-order valence-corrected chi connectivity index (χ3v) is 5.96. The first-order chi connectivity index (χ1) is 14.2. The van der Waals surface area contributed by atoms with Crippen LogP contribution in [0.5, 0.6) is 5.75 Å². The highest BCUT2D eigenvalue weighted by atomic mass is 32.2. The summed E-state index contributed by atoms with van der Waals surface area (Å²) in [5.41, 5.74) is 5.94. The van der Waals surface area contributed by atoms with E-state index in [1.807, 2.05) is 13.8 Å². The van der Waals surface area contributed by atoms with Crippen molar-refractivity contribution in [2.45, 2.75) is 31.2 Å². The topological polar surface area (TPSA) is 140 Å². The zero-order valence-electron chi connectivity index (χ0n) is 17.0. The molecule has 0 unspecified atom stereocenters. The Morgan fingerprint density at radius 1 is 1.03 bits per heavy atom. The van der Waals surface area contributed by atoms with Gasteiger partial charge in [0.05, 0.1) is 12.0 Å². The molecule has 162 valence electrons. The van der Waals surface area contributed by atoms with Crippen molar-refractivity contribution in [1.29, 1.82) is 0 Å². The number of sulfonamides is 1. The Labute approximate surface area is 176 Å². The van der Waals surface area contributed by atoms with Crippen LogP contribution in [0.4, 0.5) is 16.2 Å². The fraction of sp³-hybridized carbons (Fsp3) is 0.300. The van der Waals surface area contributed by atoms with Crippen molar-refractivity contribution in [2.75, 3.05) is 17.1 Å². The molecular weight excluding hydrogens is 408 g/mol. The number of hydrogen-bond acceptors (Lipinski definition) is 5. The van der Waals surface area contributed by atoms with Crippen molar-refractivity contribution in [3.8, 4) is 5.75 Å².